The summed E-state index contributed by atoms with van der Waals surface area (Å²) in [4.78, 5) is 19.0. The Morgan fingerprint density at radius 1 is 1.24 bits per heavy atom. The number of likely N-dealkylation sites (N-methyl/N-ethyl adjacent to an activating group) is 1. The first kappa shape index (κ1) is 17.4. The van der Waals surface area contributed by atoms with Crippen molar-refractivity contribution in [2.45, 2.75) is 0 Å². The number of carbonyl (C=O) groups excluding carboxylic acids is 1. The van der Waals surface area contributed by atoms with Crippen molar-refractivity contribution in [3.05, 3.63) is 58.0 Å². The molecule has 1 saturated heterocycles. The first-order valence-corrected chi connectivity index (χ1v) is 8.56. The topological polar surface area (TPSA) is 62.1 Å². The third-order valence-corrected chi connectivity index (χ3v) is 4.87. The predicted molar refractivity (Wildman–Crippen MR) is 102 cm³/mol. The lowest BCUT2D eigenvalue weighted by atomic mass is 10.2. The fourth-order valence-electron chi connectivity index (χ4n) is 2.21. The fourth-order valence-corrected chi connectivity index (χ4v) is 3.33. The Balaban J connectivity index is 1.89. The van der Waals surface area contributed by atoms with Crippen LogP contribution in [0.1, 0.15) is 5.56 Å². The average Bonchev–Trinajstić information content (AvgIpc) is 2.86. The summed E-state index contributed by atoms with van der Waals surface area (Å²) in [6.07, 6.45) is 1.75. The number of benzene rings is 2. The van der Waals surface area contributed by atoms with Crippen molar-refractivity contribution in [2.75, 3.05) is 14.2 Å². The van der Waals surface area contributed by atoms with Crippen molar-refractivity contribution >= 4 is 46.2 Å². The number of nitrogens with zero attached hydrogens (tertiary/aromatic N) is 2. The molecule has 0 unspecified atom stereocenters. The molecule has 1 aliphatic heterocycles. The van der Waals surface area contributed by atoms with Gasteiger partial charge in [-0.1, -0.05) is 17.7 Å². The summed E-state index contributed by atoms with van der Waals surface area (Å²) in [5.41, 5.74) is 1.48. The maximum absolute atomic E-state index is 12.4. The number of amides is 1. The number of carbonyl (C=O) groups is 1. The van der Waals surface area contributed by atoms with Gasteiger partial charge >= 0.3 is 0 Å². The van der Waals surface area contributed by atoms with Crippen LogP contribution < -0.4 is 4.74 Å². The highest BCUT2D eigenvalue weighted by molar-refractivity contribution is 8.18. The van der Waals surface area contributed by atoms with Gasteiger partial charge in [0.2, 0.25) is 0 Å². The SMILES string of the molecule is COc1cc(/C=C2/SC(=Nc3ccc(Cl)cc3)N(C)C2=O)ccc1O. The van der Waals surface area contributed by atoms with E-state index in [2.05, 4.69) is 4.99 Å². The molecule has 3 rings (SSSR count). The minimum absolute atomic E-state index is 0.0529. The molecule has 0 atom stereocenters. The average molecular weight is 375 g/mol. The van der Waals surface area contributed by atoms with Crippen LogP contribution in [0.2, 0.25) is 5.02 Å². The van der Waals surface area contributed by atoms with Crippen molar-refractivity contribution in [3.8, 4) is 11.5 Å². The van der Waals surface area contributed by atoms with E-state index >= 15 is 0 Å². The lowest BCUT2D eigenvalue weighted by molar-refractivity contribution is -0.121. The Labute approximate surface area is 154 Å². The Morgan fingerprint density at radius 3 is 2.64 bits per heavy atom. The van der Waals surface area contributed by atoms with Gasteiger partial charge < -0.3 is 9.84 Å². The highest BCUT2D eigenvalue weighted by Gasteiger charge is 2.30. The van der Waals surface area contributed by atoms with Gasteiger partial charge in [0.1, 0.15) is 0 Å². The maximum atomic E-state index is 12.4. The molecule has 1 N–H and O–H groups in total. The minimum atomic E-state index is -0.134. The lowest BCUT2D eigenvalue weighted by Gasteiger charge is -2.07. The van der Waals surface area contributed by atoms with Gasteiger partial charge in [0.25, 0.3) is 5.91 Å². The number of halogens is 1. The number of aromatic hydroxyl groups is 1. The second-order valence-electron chi connectivity index (χ2n) is 5.28. The molecule has 0 saturated carbocycles. The highest BCUT2D eigenvalue weighted by Crippen LogP contribution is 2.34. The highest BCUT2D eigenvalue weighted by atomic mass is 35.5. The number of amidine groups is 1. The van der Waals surface area contributed by atoms with E-state index in [1.807, 2.05) is 0 Å². The van der Waals surface area contributed by atoms with Crippen molar-refractivity contribution < 1.29 is 14.6 Å². The van der Waals surface area contributed by atoms with E-state index in [1.54, 1.807) is 49.5 Å². The fraction of sp³-hybridized carbons (Fsp3) is 0.111. The zero-order valence-electron chi connectivity index (χ0n) is 13.6. The number of methoxy groups -OCH3 is 1. The molecule has 0 aromatic heterocycles. The molecule has 2 aromatic rings. The number of rotatable bonds is 3. The first-order valence-electron chi connectivity index (χ1n) is 7.37. The summed E-state index contributed by atoms with van der Waals surface area (Å²) in [6, 6.07) is 12.0. The number of hydrogen-bond acceptors (Lipinski definition) is 5. The molecule has 1 amide bonds. The van der Waals surface area contributed by atoms with Gasteiger partial charge in [0.15, 0.2) is 16.7 Å². The molecule has 0 spiro atoms. The lowest BCUT2D eigenvalue weighted by Crippen LogP contribution is -2.23. The zero-order valence-corrected chi connectivity index (χ0v) is 15.1. The first-order chi connectivity index (χ1) is 12.0. The van der Waals surface area contributed by atoms with Gasteiger partial charge in [-0.2, -0.15) is 0 Å². The zero-order chi connectivity index (χ0) is 18.0. The molecule has 5 nitrogen and oxygen atoms in total. The van der Waals surface area contributed by atoms with Crippen molar-refractivity contribution in [1.82, 2.24) is 4.90 Å². The van der Waals surface area contributed by atoms with Crippen LogP contribution in [-0.2, 0) is 4.79 Å². The third kappa shape index (κ3) is 3.81. The van der Waals surface area contributed by atoms with E-state index in [9.17, 15) is 9.90 Å². The summed E-state index contributed by atoms with van der Waals surface area (Å²) in [5.74, 6) is 0.273. The normalized spacial score (nSPS) is 17.6. The molecule has 1 fully saturated rings. The smallest absolute Gasteiger partial charge is 0.266 e. The Bertz CT molecular complexity index is 878. The monoisotopic (exact) mass is 374 g/mol. The van der Waals surface area contributed by atoms with Crippen molar-refractivity contribution in [2.24, 2.45) is 4.99 Å². The molecule has 0 radical (unpaired) electrons. The minimum Gasteiger partial charge on any atom is -0.504 e. The molecule has 7 heteroatoms. The van der Waals surface area contributed by atoms with Crippen LogP contribution >= 0.6 is 23.4 Å². The Hall–Kier alpha value is -2.44. The van der Waals surface area contributed by atoms with E-state index < -0.39 is 0 Å². The second kappa shape index (κ2) is 7.21. The van der Waals surface area contributed by atoms with Gasteiger partial charge in [-0.15, -0.1) is 0 Å². The maximum Gasteiger partial charge on any atom is 0.266 e. The number of phenols is 1. The molecule has 2 aromatic carbocycles. The van der Waals surface area contributed by atoms with E-state index in [-0.39, 0.29) is 11.7 Å². The Morgan fingerprint density at radius 2 is 1.96 bits per heavy atom. The van der Waals surface area contributed by atoms with Crippen LogP contribution in [0, 0.1) is 0 Å². The molecule has 1 heterocycles. The van der Waals surface area contributed by atoms with Gasteiger partial charge in [-0.05, 0) is 59.8 Å². The third-order valence-electron chi connectivity index (χ3n) is 3.56. The number of phenolic OH excluding ortho intramolecular Hbond substituents is 1. The molecule has 0 bridgehead atoms. The number of thioether (sulfide) groups is 1. The van der Waals surface area contributed by atoms with Crippen molar-refractivity contribution in [1.29, 1.82) is 0 Å². The molecular weight excluding hydrogens is 360 g/mol. The van der Waals surface area contributed by atoms with Crippen LogP contribution in [0.4, 0.5) is 5.69 Å². The van der Waals surface area contributed by atoms with Gasteiger partial charge in [0.05, 0.1) is 17.7 Å². The summed E-state index contributed by atoms with van der Waals surface area (Å²) in [5, 5.41) is 10.9. The molecule has 0 aliphatic carbocycles. The van der Waals surface area contributed by atoms with Crippen LogP contribution in [0.25, 0.3) is 6.08 Å². The number of hydrogen-bond donors (Lipinski definition) is 1. The van der Waals surface area contributed by atoms with Crippen LogP contribution in [0.3, 0.4) is 0 Å². The van der Waals surface area contributed by atoms with Crippen molar-refractivity contribution in [3.63, 3.8) is 0 Å². The molecular formula is C18H15ClN2O3S. The molecule has 25 heavy (non-hydrogen) atoms. The molecule has 1 aliphatic rings. The van der Waals surface area contributed by atoms with E-state index in [0.29, 0.717) is 20.8 Å². The summed E-state index contributed by atoms with van der Waals surface area (Å²) < 4.78 is 5.09. The summed E-state index contributed by atoms with van der Waals surface area (Å²) >= 11 is 7.16. The van der Waals surface area contributed by atoms with Crippen LogP contribution in [0.15, 0.2) is 52.4 Å². The van der Waals surface area contributed by atoms with E-state index in [4.69, 9.17) is 16.3 Å². The van der Waals surface area contributed by atoms with Gasteiger partial charge in [-0.25, -0.2) is 4.99 Å². The summed E-state index contributed by atoms with van der Waals surface area (Å²) in [7, 11) is 3.16. The largest absolute Gasteiger partial charge is 0.504 e. The summed E-state index contributed by atoms with van der Waals surface area (Å²) in [6.45, 7) is 0. The molecule has 128 valence electrons. The van der Waals surface area contributed by atoms with E-state index in [1.165, 1.54) is 29.8 Å². The quantitative estimate of drug-likeness (QED) is 0.814. The second-order valence-corrected chi connectivity index (χ2v) is 6.72. The number of ether oxygens (including phenoxy) is 1. The number of aliphatic imine (C=N–C) groups is 1. The van der Waals surface area contributed by atoms with Crippen LogP contribution in [0.5, 0.6) is 11.5 Å². The van der Waals surface area contributed by atoms with Gasteiger partial charge in [-0.3, -0.25) is 9.69 Å². The van der Waals surface area contributed by atoms with Gasteiger partial charge in [0, 0.05) is 12.1 Å². The van der Waals surface area contributed by atoms with Crippen LogP contribution in [-0.4, -0.2) is 35.2 Å². The standard InChI is InChI=1S/C18H15ClN2O3S/c1-21-17(23)16(10-11-3-8-14(22)15(9-11)24-2)25-18(21)20-13-6-4-12(19)5-7-13/h3-10,22H,1-2H3/b16-10+,20-18?. The predicted octanol–water partition coefficient (Wildman–Crippen LogP) is 4.29. The van der Waals surface area contributed by atoms with E-state index in [0.717, 1.165) is 11.3 Å². The Kier molecular flexibility index (Phi) is 5.01.